The van der Waals surface area contributed by atoms with Crippen LogP contribution in [0.4, 0.5) is 0 Å². The van der Waals surface area contributed by atoms with Gasteiger partial charge in [-0.1, -0.05) is 49.4 Å². The molecule has 0 heterocycles. The lowest BCUT2D eigenvalue weighted by Crippen LogP contribution is -2.51. The third-order valence-electron chi connectivity index (χ3n) is 4.36. The van der Waals surface area contributed by atoms with Crippen LogP contribution in [0.3, 0.4) is 0 Å². The first-order valence-electron chi connectivity index (χ1n) is 9.61. The van der Waals surface area contributed by atoms with E-state index in [4.69, 9.17) is 18.0 Å². The minimum Gasteiger partial charge on any atom is -0.374 e. The quantitative estimate of drug-likeness (QED) is 0.403. The Labute approximate surface area is 158 Å². The van der Waals surface area contributed by atoms with Crippen molar-refractivity contribution in [2.75, 3.05) is 13.2 Å². The second-order valence-corrected chi connectivity index (χ2v) is 8.94. The highest BCUT2D eigenvalue weighted by atomic mass is 28.4. The summed E-state index contributed by atoms with van der Waals surface area (Å²) in [7, 11) is -2.92. The van der Waals surface area contributed by atoms with Crippen LogP contribution in [0.15, 0.2) is 42.5 Å². The van der Waals surface area contributed by atoms with Crippen LogP contribution in [0, 0.1) is 0 Å². The summed E-state index contributed by atoms with van der Waals surface area (Å²) in [5, 5.41) is 2.43. The van der Waals surface area contributed by atoms with Gasteiger partial charge in [0, 0.05) is 19.3 Å². The number of rotatable bonds is 11. The van der Waals surface area contributed by atoms with E-state index in [1.54, 1.807) is 0 Å². The number of ether oxygens (including phenoxy) is 1. The maximum atomic E-state index is 6.32. The molecule has 2 atom stereocenters. The van der Waals surface area contributed by atoms with E-state index < -0.39 is 8.80 Å². The molecular weight excluding hydrogens is 344 g/mol. The highest BCUT2D eigenvalue weighted by molar-refractivity contribution is 6.60. The van der Waals surface area contributed by atoms with Crippen LogP contribution < -0.4 is 0 Å². The molecule has 4 nitrogen and oxygen atoms in total. The van der Waals surface area contributed by atoms with E-state index in [1.807, 2.05) is 20.8 Å². The lowest BCUT2D eigenvalue weighted by atomic mass is 10.1. The molecule has 2 aromatic rings. The summed E-state index contributed by atoms with van der Waals surface area (Å²) in [6.45, 7) is 11.1. The monoisotopic (exact) mass is 376 g/mol. The van der Waals surface area contributed by atoms with E-state index in [9.17, 15) is 0 Å². The molecule has 0 aromatic heterocycles. The summed E-state index contributed by atoms with van der Waals surface area (Å²) >= 11 is 0. The lowest BCUT2D eigenvalue weighted by Gasteiger charge is -2.32. The molecule has 26 heavy (non-hydrogen) atoms. The zero-order chi connectivity index (χ0) is 19.0. The van der Waals surface area contributed by atoms with Crippen LogP contribution in [-0.4, -0.2) is 34.4 Å². The van der Waals surface area contributed by atoms with E-state index in [-0.39, 0.29) is 12.4 Å². The summed E-state index contributed by atoms with van der Waals surface area (Å²) in [5.74, 6) is 0. The van der Waals surface area contributed by atoms with Crippen molar-refractivity contribution in [2.45, 2.75) is 59.5 Å². The molecular formula is C21H32O4Si. The van der Waals surface area contributed by atoms with Gasteiger partial charge in [0.1, 0.15) is 6.29 Å². The summed E-state index contributed by atoms with van der Waals surface area (Å²) < 4.78 is 24.5. The van der Waals surface area contributed by atoms with E-state index in [1.165, 1.54) is 16.3 Å². The maximum absolute atomic E-state index is 6.32. The first kappa shape index (κ1) is 21.1. The lowest BCUT2D eigenvalue weighted by molar-refractivity contribution is -0.134. The van der Waals surface area contributed by atoms with Gasteiger partial charge >= 0.3 is 8.80 Å². The topological polar surface area (TPSA) is 36.9 Å². The van der Waals surface area contributed by atoms with Gasteiger partial charge < -0.3 is 18.0 Å². The van der Waals surface area contributed by atoms with Gasteiger partial charge in [0.2, 0.25) is 0 Å². The molecule has 0 fully saturated rings. The second kappa shape index (κ2) is 10.2. The summed E-state index contributed by atoms with van der Waals surface area (Å²) in [6.07, 6.45) is 0.705. The van der Waals surface area contributed by atoms with Gasteiger partial charge in [-0.3, -0.25) is 0 Å². The van der Waals surface area contributed by atoms with Crippen molar-refractivity contribution in [1.29, 1.82) is 0 Å². The van der Waals surface area contributed by atoms with Crippen LogP contribution in [0.1, 0.15) is 46.6 Å². The highest BCUT2D eigenvalue weighted by Gasteiger charge is 2.43. The fourth-order valence-electron chi connectivity index (χ4n) is 3.08. The molecule has 0 saturated heterocycles. The Bertz CT molecular complexity index is 665. The van der Waals surface area contributed by atoms with Crippen LogP contribution in [0.2, 0.25) is 0 Å². The predicted octanol–water partition coefficient (Wildman–Crippen LogP) is 5.11. The van der Waals surface area contributed by atoms with E-state index in [0.29, 0.717) is 19.3 Å². The Balaban J connectivity index is 2.30. The zero-order valence-corrected chi connectivity index (χ0v) is 17.7. The predicted molar refractivity (Wildman–Crippen MR) is 108 cm³/mol. The minimum absolute atomic E-state index is 0.137. The first-order chi connectivity index (χ1) is 12.5. The van der Waals surface area contributed by atoms with E-state index in [2.05, 4.69) is 56.3 Å². The largest absolute Gasteiger partial charge is 0.507 e. The minimum atomic E-state index is -2.92. The normalized spacial score (nSPS) is 14.5. The standard InChI is InChI=1S/C21H32O4Si/c1-6-17(4)24-18(5)25-26(22-7-2,23-8-3)16-20-14-11-13-19-12-9-10-15-21(19)20/h9-15,17-18H,6-8,16H2,1-5H3. The maximum Gasteiger partial charge on any atom is 0.507 e. The highest BCUT2D eigenvalue weighted by Crippen LogP contribution is 2.25. The average Bonchev–Trinajstić information content (AvgIpc) is 2.62. The molecule has 2 rings (SSSR count). The molecule has 0 saturated carbocycles. The van der Waals surface area contributed by atoms with Crippen molar-refractivity contribution in [3.05, 3.63) is 48.0 Å². The zero-order valence-electron chi connectivity index (χ0n) is 16.7. The molecule has 0 aliphatic heterocycles. The molecule has 0 aliphatic rings. The number of benzene rings is 2. The van der Waals surface area contributed by atoms with Crippen molar-refractivity contribution in [3.8, 4) is 0 Å². The molecule has 144 valence electrons. The molecule has 0 spiro atoms. The van der Waals surface area contributed by atoms with Crippen molar-refractivity contribution in [1.82, 2.24) is 0 Å². The van der Waals surface area contributed by atoms with Gasteiger partial charge in [-0.05, 0) is 50.5 Å². The molecule has 5 heteroatoms. The Hall–Kier alpha value is -1.24. The van der Waals surface area contributed by atoms with Crippen molar-refractivity contribution >= 4 is 19.6 Å². The summed E-state index contributed by atoms with van der Waals surface area (Å²) in [4.78, 5) is 0. The summed E-state index contributed by atoms with van der Waals surface area (Å²) in [6, 6.07) is 15.3. The molecule has 2 aromatic carbocycles. The van der Waals surface area contributed by atoms with E-state index >= 15 is 0 Å². The van der Waals surface area contributed by atoms with Crippen LogP contribution in [-0.2, 0) is 24.1 Å². The molecule has 0 N–H and O–H groups in total. The Morgan fingerprint density at radius 3 is 2.19 bits per heavy atom. The SMILES string of the molecule is CCO[Si](Cc1cccc2ccccc12)(OCC)OC(C)OC(C)CC. The number of hydrogen-bond donors (Lipinski definition) is 0. The number of fused-ring (bicyclic) bond motifs is 1. The van der Waals surface area contributed by atoms with Gasteiger partial charge in [0.05, 0.1) is 6.10 Å². The molecule has 0 bridgehead atoms. The Morgan fingerprint density at radius 2 is 1.54 bits per heavy atom. The molecule has 0 aliphatic carbocycles. The second-order valence-electron chi connectivity index (χ2n) is 6.40. The van der Waals surface area contributed by atoms with Gasteiger partial charge in [-0.2, -0.15) is 0 Å². The first-order valence-corrected chi connectivity index (χ1v) is 11.5. The van der Waals surface area contributed by atoms with Gasteiger partial charge in [-0.25, -0.2) is 0 Å². The third-order valence-corrected chi connectivity index (χ3v) is 7.32. The molecule has 0 radical (unpaired) electrons. The Kier molecular flexibility index (Phi) is 8.25. The van der Waals surface area contributed by atoms with Crippen molar-refractivity contribution in [2.24, 2.45) is 0 Å². The van der Waals surface area contributed by atoms with Crippen LogP contribution in [0.25, 0.3) is 10.8 Å². The summed E-state index contributed by atoms with van der Waals surface area (Å²) in [5.41, 5.74) is 1.19. The Morgan fingerprint density at radius 1 is 0.885 bits per heavy atom. The van der Waals surface area contributed by atoms with Gasteiger partial charge in [-0.15, -0.1) is 0 Å². The van der Waals surface area contributed by atoms with Gasteiger partial charge in [0.15, 0.2) is 0 Å². The van der Waals surface area contributed by atoms with Gasteiger partial charge in [0.25, 0.3) is 0 Å². The smallest absolute Gasteiger partial charge is 0.374 e. The molecule has 0 amide bonds. The molecule has 2 unspecified atom stereocenters. The average molecular weight is 377 g/mol. The van der Waals surface area contributed by atoms with Crippen molar-refractivity contribution < 1.29 is 18.0 Å². The van der Waals surface area contributed by atoms with Crippen LogP contribution in [0.5, 0.6) is 0 Å². The van der Waals surface area contributed by atoms with Crippen LogP contribution >= 0.6 is 0 Å². The third kappa shape index (κ3) is 5.63. The van der Waals surface area contributed by atoms with Crippen molar-refractivity contribution in [3.63, 3.8) is 0 Å². The fraction of sp³-hybridized carbons (Fsp3) is 0.524. The fourth-order valence-corrected chi connectivity index (χ4v) is 5.80. The number of hydrogen-bond acceptors (Lipinski definition) is 4. The van der Waals surface area contributed by atoms with E-state index in [0.717, 1.165) is 6.42 Å².